The Morgan fingerprint density at radius 1 is 1.18 bits per heavy atom. The molecule has 1 aromatic carbocycles. The van der Waals surface area contributed by atoms with Gasteiger partial charge in [0.25, 0.3) is 5.56 Å². The third-order valence-corrected chi connectivity index (χ3v) is 7.62. The lowest BCUT2D eigenvalue weighted by atomic mass is 10.2. The van der Waals surface area contributed by atoms with E-state index in [1.54, 1.807) is 19.9 Å². The van der Waals surface area contributed by atoms with Gasteiger partial charge in [0.2, 0.25) is 10.0 Å². The minimum absolute atomic E-state index is 0.0421. The molecule has 0 amide bonds. The van der Waals surface area contributed by atoms with E-state index in [9.17, 15) is 13.2 Å². The number of aryl methyl sites for hydroxylation is 2. The van der Waals surface area contributed by atoms with Crippen LogP contribution in [0.3, 0.4) is 0 Å². The summed E-state index contributed by atoms with van der Waals surface area (Å²) in [5.41, 5.74) is 0.920. The van der Waals surface area contributed by atoms with Crippen molar-refractivity contribution in [3.05, 3.63) is 40.1 Å². The van der Waals surface area contributed by atoms with Gasteiger partial charge in [-0.05, 0) is 39.0 Å². The van der Waals surface area contributed by atoms with Crippen LogP contribution in [0.4, 0.5) is 0 Å². The average molecular weight is 477 g/mol. The number of hydrogen-bond donors (Lipinski definition) is 2. The molecule has 11 nitrogen and oxygen atoms in total. The number of aliphatic hydroxyl groups is 1. The van der Waals surface area contributed by atoms with E-state index in [0.29, 0.717) is 67.7 Å². The molecule has 0 aliphatic carbocycles. The van der Waals surface area contributed by atoms with Crippen molar-refractivity contribution in [3.8, 4) is 17.1 Å². The highest BCUT2D eigenvalue weighted by Gasteiger charge is 2.29. The van der Waals surface area contributed by atoms with Crippen LogP contribution in [0, 0.1) is 13.8 Å². The van der Waals surface area contributed by atoms with Gasteiger partial charge in [0.1, 0.15) is 11.6 Å². The SMILES string of the molecule is CCOc1ccc(S(=O)(=O)N2CCN(CCO)CC2)cc1-c1nn2c(C)nc(C)c2c(=O)[nH]1. The highest BCUT2D eigenvalue weighted by molar-refractivity contribution is 7.89. The van der Waals surface area contributed by atoms with Crippen LogP contribution in [0.1, 0.15) is 18.4 Å². The van der Waals surface area contributed by atoms with E-state index in [2.05, 4.69) is 15.1 Å². The first-order valence-corrected chi connectivity index (χ1v) is 12.3. The summed E-state index contributed by atoms with van der Waals surface area (Å²) in [6, 6.07) is 4.58. The molecule has 1 aliphatic rings. The van der Waals surface area contributed by atoms with Crippen LogP contribution in [0.5, 0.6) is 5.75 Å². The number of imidazole rings is 1. The Morgan fingerprint density at radius 3 is 2.58 bits per heavy atom. The molecule has 0 radical (unpaired) electrons. The normalized spacial score (nSPS) is 15.9. The Hall–Kier alpha value is -2.80. The fourth-order valence-corrected chi connectivity index (χ4v) is 5.52. The number of benzene rings is 1. The van der Waals surface area contributed by atoms with Gasteiger partial charge >= 0.3 is 0 Å². The lowest BCUT2D eigenvalue weighted by Crippen LogP contribution is -2.49. The van der Waals surface area contributed by atoms with Gasteiger partial charge in [-0.1, -0.05) is 0 Å². The molecule has 0 unspecified atom stereocenters. The van der Waals surface area contributed by atoms with Crippen LogP contribution in [-0.2, 0) is 10.0 Å². The fraction of sp³-hybridized carbons (Fsp3) is 0.476. The molecular weight excluding hydrogens is 448 g/mol. The molecule has 1 fully saturated rings. The summed E-state index contributed by atoms with van der Waals surface area (Å²) in [5.74, 6) is 1.17. The molecule has 3 aromatic rings. The second-order valence-electron chi connectivity index (χ2n) is 7.87. The second-order valence-corrected chi connectivity index (χ2v) is 9.81. The summed E-state index contributed by atoms with van der Waals surface area (Å²) in [6.07, 6.45) is 0. The van der Waals surface area contributed by atoms with Gasteiger partial charge in [-0.25, -0.2) is 17.9 Å². The van der Waals surface area contributed by atoms with Crippen molar-refractivity contribution in [1.82, 2.24) is 28.8 Å². The van der Waals surface area contributed by atoms with Crippen molar-refractivity contribution in [3.63, 3.8) is 0 Å². The van der Waals surface area contributed by atoms with Crippen molar-refractivity contribution in [1.29, 1.82) is 0 Å². The monoisotopic (exact) mass is 476 g/mol. The predicted octanol–water partition coefficient (Wildman–Crippen LogP) is 0.399. The van der Waals surface area contributed by atoms with E-state index < -0.39 is 10.0 Å². The van der Waals surface area contributed by atoms with E-state index in [0.717, 1.165) is 0 Å². The minimum atomic E-state index is -3.77. The molecular formula is C21H28N6O5S. The Morgan fingerprint density at radius 2 is 1.91 bits per heavy atom. The lowest BCUT2D eigenvalue weighted by molar-refractivity contribution is 0.151. The number of aromatic amines is 1. The quantitative estimate of drug-likeness (QED) is 0.501. The fourth-order valence-electron chi connectivity index (χ4n) is 4.07. The predicted molar refractivity (Wildman–Crippen MR) is 122 cm³/mol. The zero-order chi connectivity index (χ0) is 23.8. The van der Waals surface area contributed by atoms with Crippen LogP contribution in [-0.4, -0.2) is 88.2 Å². The van der Waals surface area contributed by atoms with Crippen LogP contribution in [0.15, 0.2) is 27.9 Å². The number of aromatic nitrogens is 4. The van der Waals surface area contributed by atoms with Crippen molar-refractivity contribution < 1.29 is 18.3 Å². The molecule has 4 rings (SSSR count). The number of ether oxygens (including phenoxy) is 1. The van der Waals surface area contributed by atoms with Crippen LogP contribution >= 0.6 is 0 Å². The van der Waals surface area contributed by atoms with E-state index in [1.165, 1.54) is 21.0 Å². The Balaban J connectivity index is 1.76. The molecule has 0 bridgehead atoms. The zero-order valence-electron chi connectivity index (χ0n) is 18.9. The van der Waals surface area contributed by atoms with Gasteiger partial charge in [-0.2, -0.15) is 4.31 Å². The van der Waals surface area contributed by atoms with Gasteiger partial charge < -0.3 is 14.8 Å². The van der Waals surface area contributed by atoms with Crippen molar-refractivity contribution in [2.75, 3.05) is 45.9 Å². The molecule has 0 saturated carbocycles. The van der Waals surface area contributed by atoms with E-state index in [4.69, 9.17) is 9.84 Å². The van der Waals surface area contributed by atoms with Gasteiger partial charge in [0, 0.05) is 32.7 Å². The topological polar surface area (TPSA) is 133 Å². The van der Waals surface area contributed by atoms with Crippen molar-refractivity contribution in [2.24, 2.45) is 0 Å². The minimum Gasteiger partial charge on any atom is -0.493 e. The summed E-state index contributed by atoms with van der Waals surface area (Å²) < 4.78 is 35.3. The first-order valence-electron chi connectivity index (χ1n) is 10.8. The standard InChI is InChI=1S/C21H28N6O5S/c1-4-32-18-6-5-16(33(30,31)26-9-7-25(8-10-26)11-12-28)13-17(18)20-23-21(29)19-14(2)22-15(3)27(19)24-20/h5-6,13,28H,4,7-12H2,1-3H3,(H,23,24,29). The molecule has 2 aromatic heterocycles. The second kappa shape index (κ2) is 9.21. The van der Waals surface area contributed by atoms with Crippen molar-refractivity contribution in [2.45, 2.75) is 25.7 Å². The smallest absolute Gasteiger partial charge is 0.277 e. The van der Waals surface area contributed by atoms with E-state index >= 15 is 0 Å². The number of nitrogens with one attached hydrogen (secondary N) is 1. The molecule has 33 heavy (non-hydrogen) atoms. The molecule has 0 atom stereocenters. The number of fused-ring (bicyclic) bond motifs is 1. The molecule has 2 N–H and O–H groups in total. The van der Waals surface area contributed by atoms with Gasteiger partial charge in [-0.3, -0.25) is 9.69 Å². The summed E-state index contributed by atoms with van der Waals surface area (Å²) in [4.78, 5) is 21.9. The number of sulfonamides is 1. The first kappa shape index (κ1) is 23.4. The van der Waals surface area contributed by atoms with Crippen molar-refractivity contribution >= 4 is 15.5 Å². The molecule has 1 aliphatic heterocycles. The number of H-pyrrole nitrogens is 1. The third kappa shape index (κ3) is 4.38. The number of nitrogens with zero attached hydrogens (tertiary/aromatic N) is 5. The Bertz CT molecular complexity index is 1320. The van der Waals surface area contributed by atoms with Gasteiger partial charge in [0.05, 0.1) is 29.4 Å². The van der Waals surface area contributed by atoms with Gasteiger partial charge in [-0.15, -0.1) is 5.10 Å². The molecule has 3 heterocycles. The third-order valence-electron chi connectivity index (χ3n) is 5.73. The number of aliphatic hydroxyl groups excluding tert-OH is 1. The average Bonchev–Trinajstić information content (AvgIpc) is 3.08. The van der Waals surface area contributed by atoms with Gasteiger partial charge in [0.15, 0.2) is 11.3 Å². The van der Waals surface area contributed by atoms with E-state index in [1.807, 2.05) is 11.8 Å². The first-order chi connectivity index (χ1) is 15.8. The lowest BCUT2D eigenvalue weighted by Gasteiger charge is -2.33. The van der Waals surface area contributed by atoms with Crippen LogP contribution in [0.2, 0.25) is 0 Å². The summed E-state index contributed by atoms with van der Waals surface area (Å²) in [6.45, 7) is 8.00. The molecule has 0 spiro atoms. The number of hydrogen-bond acceptors (Lipinski definition) is 8. The number of piperazine rings is 1. The molecule has 1 saturated heterocycles. The number of β-amino-alcohol motifs (C(OH)–C–C–N with tert-alkyl or cyclic N) is 1. The van der Waals surface area contributed by atoms with E-state index in [-0.39, 0.29) is 22.9 Å². The van der Waals surface area contributed by atoms with Crippen LogP contribution in [0.25, 0.3) is 16.9 Å². The largest absolute Gasteiger partial charge is 0.493 e. The Labute approximate surface area is 191 Å². The maximum absolute atomic E-state index is 13.4. The molecule has 178 valence electrons. The highest BCUT2D eigenvalue weighted by Crippen LogP contribution is 2.31. The maximum atomic E-state index is 13.4. The number of rotatable bonds is 7. The summed E-state index contributed by atoms with van der Waals surface area (Å²) in [7, 11) is -3.77. The summed E-state index contributed by atoms with van der Waals surface area (Å²) in [5, 5.41) is 13.6. The molecule has 12 heteroatoms. The summed E-state index contributed by atoms with van der Waals surface area (Å²) >= 11 is 0. The highest BCUT2D eigenvalue weighted by atomic mass is 32.2. The van der Waals surface area contributed by atoms with Crippen LogP contribution < -0.4 is 10.3 Å². The maximum Gasteiger partial charge on any atom is 0.277 e. The Kier molecular flexibility index (Phi) is 6.52. The zero-order valence-corrected chi connectivity index (χ0v) is 19.7.